The Bertz CT molecular complexity index is 467. The van der Waals surface area contributed by atoms with Crippen LogP contribution in [0, 0.1) is 5.82 Å². The van der Waals surface area contributed by atoms with Crippen molar-refractivity contribution in [3.63, 3.8) is 0 Å². The summed E-state index contributed by atoms with van der Waals surface area (Å²) in [6, 6.07) is 3.54. The lowest BCUT2D eigenvalue weighted by Gasteiger charge is -2.28. The Kier molecular flexibility index (Phi) is 5.54. The molecule has 1 saturated carbocycles. The lowest BCUT2D eigenvalue weighted by atomic mass is 9.95. The van der Waals surface area contributed by atoms with E-state index in [2.05, 4.69) is 11.6 Å². The van der Waals surface area contributed by atoms with Crippen molar-refractivity contribution in [2.75, 3.05) is 6.26 Å². The maximum Gasteiger partial charge on any atom is 0.419 e. The van der Waals surface area contributed by atoms with Gasteiger partial charge in [-0.3, -0.25) is 0 Å². The molecule has 1 fully saturated rings. The van der Waals surface area contributed by atoms with Crippen molar-refractivity contribution >= 4 is 11.8 Å². The van der Waals surface area contributed by atoms with Gasteiger partial charge in [0.2, 0.25) is 0 Å². The first-order chi connectivity index (χ1) is 9.90. The topological polar surface area (TPSA) is 12.0 Å². The van der Waals surface area contributed by atoms with E-state index in [0.29, 0.717) is 23.4 Å². The molecule has 1 nitrogen and oxygen atoms in total. The number of alkyl halides is 3. The molecule has 0 aliphatic heterocycles. The van der Waals surface area contributed by atoms with Gasteiger partial charge in [-0.25, -0.2) is 4.39 Å². The van der Waals surface area contributed by atoms with Gasteiger partial charge in [0.05, 0.1) is 5.56 Å². The van der Waals surface area contributed by atoms with E-state index in [9.17, 15) is 17.6 Å². The molecule has 0 spiro atoms. The lowest BCUT2D eigenvalue weighted by Crippen LogP contribution is -2.33. The minimum atomic E-state index is -4.64. The second-order valence-corrected chi connectivity index (χ2v) is 6.54. The molecule has 1 N–H and O–H groups in total. The maximum atomic E-state index is 13.2. The van der Waals surface area contributed by atoms with Crippen LogP contribution in [0.4, 0.5) is 17.6 Å². The van der Waals surface area contributed by atoms with E-state index < -0.39 is 17.6 Å². The molecule has 1 aliphatic rings. The Morgan fingerprint density at radius 1 is 1.19 bits per heavy atom. The maximum absolute atomic E-state index is 13.2. The summed E-state index contributed by atoms with van der Waals surface area (Å²) in [4.78, 5) is 0. The first-order valence-electron chi connectivity index (χ1n) is 7.02. The van der Waals surface area contributed by atoms with Crippen LogP contribution in [0.1, 0.15) is 36.8 Å². The van der Waals surface area contributed by atoms with Gasteiger partial charge >= 0.3 is 6.18 Å². The molecule has 0 bridgehead atoms. The summed E-state index contributed by atoms with van der Waals surface area (Å²) in [7, 11) is 0. The van der Waals surface area contributed by atoms with E-state index in [0.717, 1.165) is 37.8 Å². The third-order valence-electron chi connectivity index (χ3n) is 3.94. The zero-order valence-electron chi connectivity index (χ0n) is 11.8. The lowest BCUT2D eigenvalue weighted by molar-refractivity contribution is -0.140. The molecular weight excluding hydrogens is 302 g/mol. The van der Waals surface area contributed by atoms with E-state index in [4.69, 9.17) is 0 Å². The molecular formula is C15H19F4NS. The Morgan fingerprint density at radius 3 is 2.43 bits per heavy atom. The second-order valence-electron chi connectivity index (χ2n) is 5.40. The highest BCUT2D eigenvalue weighted by Gasteiger charge is 2.34. The fourth-order valence-corrected chi connectivity index (χ4v) is 3.41. The van der Waals surface area contributed by atoms with E-state index in [1.165, 1.54) is 6.07 Å². The van der Waals surface area contributed by atoms with E-state index in [1.54, 1.807) is 0 Å². The highest BCUT2D eigenvalue weighted by molar-refractivity contribution is 7.99. The minimum absolute atomic E-state index is 0.341. The fraction of sp³-hybridized carbons (Fsp3) is 0.600. The predicted octanol–water partition coefficient (Wildman–Crippen LogP) is 4.61. The molecule has 1 aromatic rings. The van der Waals surface area contributed by atoms with Crippen molar-refractivity contribution in [1.82, 2.24) is 5.32 Å². The van der Waals surface area contributed by atoms with Gasteiger partial charge in [0.15, 0.2) is 0 Å². The zero-order valence-corrected chi connectivity index (χ0v) is 12.7. The average Bonchev–Trinajstić information content (AvgIpc) is 2.45. The Labute approximate surface area is 126 Å². The normalized spacial score (nSPS) is 23.3. The number of nitrogens with one attached hydrogen (secondary N) is 1. The SMILES string of the molecule is CSC1CCC(NCc2ccc(F)c(C(F)(F)F)c2)CC1. The van der Waals surface area contributed by atoms with Crippen LogP contribution in [0.3, 0.4) is 0 Å². The molecule has 0 heterocycles. The monoisotopic (exact) mass is 321 g/mol. The highest BCUT2D eigenvalue weighted by Crippen LogP contribution is 2.32. The summed E-state index contributed by atoms with van der Waals surface area (Å²) in [6.07, 6.45) is 1.82. The van der Waals surface area contributed by atoms with Crippen molar-refractivity contribution in [1.29, 1.82) is 0 Å². The smallest absolute Gasteiger partial charge is 0.310 e. The van der Waals surface area contributed by atoms with Gasteiger partial charge in [-0.1, -0.05) is 6.07 Å². The van der Waals surface area contributed by atoms with Crippen molar-refractivity contribution < 1.29 is 17.6 Å². The molecule has 0 atom stereocenters. The number of rotatable bonds is 4. The van der Waals surface area contributed by atoms with Gasteiger partial charge in [-0.05, 0) is 49.6 Å². The molecule has 0 radical (unpaired) electrons. The second kappa shape index (κ2) is 7.01. The molecule has 6 heteroatoms. The Balaban J connectivity index is 1.92. The Morgan fingerprint density at radius 2 is 1.86 bits per heavy atom. The molecule has 0 aromatic heterocycles. The van der Waals surface area contributed by atoms with E-state index in [1.807, 2.05) is 11.8 Å². The van der Waals surface area contributed by atoms with Crippen molar-refractivity contribution in [3.8, 4) is 0 Å². The van der Waals surface area contributed by atoms with Crippen LogP contribution in [0.15, 0.2) is 18.2 Å². The molecule has 0 amide bonds. The number of halogens is 4. The quantitative estimate of drug-likeness (QED) is 0.813. The van der Waals surface area contributed by atoms with Gasteiger partial charge in [0.1, 0.15) is 5.82 Å². The predicted molar refractivity (Wildman–Crippen MR) is 77.8 cm³/mol. The summed E-state index contributed by atoms with van der Waals surface area (Å²) in [6.45, 7) is 0.345. The molecule has 1 aliphatic carbocycles. The zero-order chi connectivity index (χ0) is 15.5. The van der Waals surface area contributed by atoms with Crippen LogP contribution in [-0.2, 0) is 12.7 Å². The van der Waals surface area contributed by atoms with Crippen LogP contribution >= 0.6 is 11.8 Å². The van der Waals surface area contributed by atoms with Crippen molar-refractivity contribution in [3.05, 3.63) is 35.1 Å². The average molecular weight is 321 g/mol. The van der Waals surface area contributed by atoms with Crippen LogP contribution in [0.5, 0.6) is 0 Å². The van der Waals surface area contributed by atoms with Crippen LogP contribution < -0.4 is 5.32 Å². The molecule has 1 aromatic carbocycles. The van der Waals surface area contributed by atoms with Crippen molar-refractivity contribution in [2.45, 2.75) is 49.7 Å². The summed E-state index contributed by atoms with van der Waals surface area (Å²) in [5, 5.41) is 3.98. The Hall–Kier alpha value is -0.750. The third-order valence-corrected chi connectivity index (χ3v) is 5.08. The van der Waals surface area contributed by atoms with Gasteiger partial charge < -0.3 is 5.32 Å². The molecule has 0 saturated heterocycles. The summed E-state index contributed by atoms with van der Waals surface area (Å²) >= 11 is 1.87. The minimum Gasteiger partial charge on any atom is -0.310 e. The molecule has 0 unspecified atom stereocenters. The first kappa shape index (κ1) is 16.6. The molecule has 21 heavy (non-hydrogen) atoms. The fourth-order valence-electron chi connectivity index (χ4n) is 2.66. The number of hydrogen-bond acceptors (Lipinski definition) is 2. The summed E-state index contributed by atoms with van der Waals surface area (Å²) in [5.74, 6) is -1.22. The third kappa shape index (κ3) is 4.61. The van der Waals surface area contributed by atoms with Gasteiger partial charge in [0, 0.05) is 17.8 Å². The van der Waals surface area contributed by atoms with Gasteiger partial charge in [-0.2, -0.15) is 24.9 Å². The first-order valence-corrected chi connectivity index (χ1v) is 8.30. The van der Waals surface area contributed by atoms with Gasteiger partial charge in [-0.15, -0.1) is 0 Å². The summed E-state index contributed by atoms with van der Waals surface area (Å²) in [5.41, 5.74) is -0.719. The van der Waals surface area contributed by atoms with E-state index >= 15 is 0 Å². The summed E-state index contributed by atoms with van der Waals surface area (Å²) < 4.78 is 51.1. The number of benzene rings is 1. The molecule has 2 rings (SSSR count). The standard InChI is InChI=1S/C15H19F4NS/c1-21-12-5-3-11(4-6-12)20-9-10-2-7-14(16)13(8-10)15(17,18)19/h2,7-8,11-12,20H,3-6,9H2,1H3. The van der Waals surface area contributed by atoms with Crippen LogP contribution in [0.25, 0.3) is 0 Å². The van der Waals surface area contributed by atoms with Crippen LogP contribution in [-0.4, -0.2) is 17.5 Å². The largest absolute Gasteiger partial charge is 0.419 e. The number of thioether (sulfide) groups is 1. The highest BCUT2D eigenvalue weighted by atomic mass is 32.2. The molecule has 118 valence electrons. The van der Waals surface area contributed by atoms with Crippen molar-refractivity contribution in [2.24, 2.45) is 0 Å². The van der Waals surface area contributed by atoms with Gasteiger partial charge in [0.25, 0.3) is 0 Å². The number of hydrogen-bond donors (Lipinski definition) is 1. The van der Waals surface area contributed by atoms with Crippen LogP contribution in [0.2, 0.25) is 0 Å². The van der Waals surface area contributed by atoms with E-state index in [-0.39, 0.29) is 0 Å².